The summed E-state index contributed by atoms with van der Waals surface area (Å²) in [7, 11) is 0. The number of hydrogen-bond acceptors (Lipinski definition) is 6. The van der Waals surface area contributed by atoms with Gasteiger partial charge in [-0.3, -0.25) is 14.4 Å². The van der Waals surface area contributed by atoms with Crippen molar-refractivity contribution in [3.63, 3.8) is 0 Å². The molecule has 3 aliphatic carbocycles. The van der Waals surface area contributed by atoms with E-state index in [1.165, 1.54) is 38.5 Å². The summed E-state index contributed by atoms with van der Waals surface area (Å²) in [6.07, 6.45) is 29.1. The Morgan fingerprint density at radius 2 is 1.00 bits per heavy atom. The molecule has 54 heavy (non-hydrogen) atoms. The highest BCUT2D eigenvalue weighted by atomic mass is 16.5. The molecule has 3 aliphatic rings. The topological polar surface area (TPSA) is 89.9 Å². The van der Waals surface area contributed by atoms with Crippen LogP contribution in [0.3, 0.4) is 0 Å². The maximum atomic E-state index is 13.0. The quantitative estimate of drug-likeness (QED) is 0.134. The van der Waals surface area contributed by atoms with Crippen molar-refractivity contribution in [2.45, 2.75) is 133 Å². The molecular formula is C48H60O6. The highest BCUT2D eigenvalue weighted by molar-refractivity contribution is 6.05. The van der Waals surface area contributed by atoms with Crippen molar-refractivity contribution in [2.75, 3.05) is 0 Å². The number of esters is 2. The van der Waals surface area contributed by atoms with E-state index in [1.807, 2.05) is 109 Å². The van der Waals surface area contributed by atoms with Crippen LogP contribution < -0.4 is 0 Å². The summed E-state index contributed by atoms with van der Waals surface area (Å²) >= 11 is 0. The largest absolute Gasteiger partial charge is 0.458 e. The van der Waals surface area contributed by atoms with Crippen molar-refractivity contribution in [1.29, 1.82) is 0 Å². The average Bonchev–Trinajstić information content (AvgIpc) is 3.14. The summed E-state index contributed by atoms with van der Waals surface area (Å²) in [5.41, 5.74) is 2.61. The number of hydrogen-bond donors (Lipinski definition) is 1. The lowest BCUT2D eigenvalue weighted by molar-refractivity contribution is -0.151. The van der Waals surface area contributed by atoms with Crippen molar-refractivity contribution >= 4 is 17.7 Å². The number of ether oxygens (including phenoxy) is 2. The number of Topliss-reactive ketones (excluding diaryl/α,β-unsaturated/α-hetero) is 1. The first kappa shape index (κ1) is 42.2. The van der Waals surface area contributed by atoms with Crippen LogP contribution in [-0.4, -0.2) is 41.1 Å². The molecule has 0 heterocycles. The van der Waals surface area contributed by atoms with Gasteiger partial charge in [0.1, 0.15) is 18.1 Å². The van der Waals surface area contributed by atoms with Crippen LogP contribution in [0.2, 0.25) is 0 Å². The minimum absolute atomic E-state index is 0.0264. The number of aliphatic hydroxyl groups is 1. The molecule has 6 nitrogen and oxygen atoms in total. The molecule has 1 N–H and O–H groups in total. The predicted molar refractivity (Wildman–Crippen MR) is 217 cm³/mol. The number of aliphatic hydroxyl groups excluding tert-OH is 1. The molecule has 288 valence electrons. The van der Waals surface area contributed by atoms with Crippen LogP contribution >= 0.6 is 0 Å². The summed E-state index contributed by atoms with van der Waals surface area (Å²) < 4.78 is 11.3. The Morgan fingerprint density at radius 3 is 1.56 bits per heavy atom. The minimum Gasteiger partial charge on any atom is -0.458 e. The van der Waals surface area contributed by atoms with Crippen LogP contribution in [0.15, 0.2) is 127 Å². The number of allylic oxidation sites excluding steroid dienone is 3. The third-order valence-corrected chi connectivity index (χ3v) is 9.80. The van der Waals surface area contributed by atoms with Crippen molar-refractivity contribution in [3.8, 4) is 0 Å². The number of ketones is 1. The maximum Gasteiger partial charge on any atom is 0.321 e. The van der Waals surface area contributed by atoms with Gasteiger partial charge in [-0.15, -0.1) is 0 Å². The molecule has 0 aliphatic heterocycles. The Hall–Kier alpha value is -4.55. The number of rotatable bonds is 9. The first-order valence-electron chi connectivity index (χ1n) is 20.2. The molecule has 0 saturated heterocycles. The Bertz CT molecular complexity index is 1580. The molecule has 4 unspecified atom stereocenters. The minimum atomic E-state index is -0.884. The lowest BCUT2D eigenvalue weighted by atomic mass is 9.91. The molecule has 6 rings (SSSR count). The second kappa shape index (κ2) is 25.5. The van der Waals surface area contributed by atoms with Gasteiger partial charge in [0, 0.05) is 6.42 Å². The Kier molecular flexibility index (Phi) is 19.9. The molecule has 3 aromatic rings. The fourth-order valence-corrected chi connectivity index (χ4v) is 6.78. The van der Waals surface area contributed by atoms with Gasteiger partial charge in [0.15, 0.2) is 5.78 Å². The highest BCUT2D eigenvalue weighted by Gasteiger charge is 2.31. The lowest BCUT2D eigenvalue weighted by Crippen LogP contribution is -2.29. The molecule has 6 heteroatoms. The average molecular weight is 733 g/mol. The third-order valence-electron chi connectivity index (χ3n) is 9.80. The van der Waals surface area contributed by atoms with E-state index in [4.69, 9.17) is 14.6 Å². The highest BCUT2D eigenvalue weighted by Crippen LogP contribution is 2.24. The Labute approximate surface area is 323 Å². The number of carbonyl (C=O) groups is 3. The first-order chi connectivity index (χ1) is 26.5. The number of carbonyl (C=O) groups excluding carboxylic acids is 3. The summed E-state index contributed by atoms with van der Waals surface area (Å²) in [6, 6.07) is 28.5. The molecule has 0 spiro atoms. The van der Waals surface area contributed by atoms with Gasteiger partial charge in [-0.2, -0.15) is 0 Å². The van der Waals surface area contributed by atoms with Gasteiger partial charge in [0.2, 0.25) is 0 Å². The van der Waals surface area contributed by atoms with E-state index in [9.17, 15) is 14.4 Å². The maximum absolute atomic E-state index is 13.0. The van der Waals surface area contributed by atoms with E-state index < -0.39 is 11.9 Å². The van der Waals surface area contributed by atoms with Crippen molar-refractivity contribution in [2.24, 2.45) is 0 Å². The van der Waals surface area contributed by atoms with Gasteiger partial charge < -0.3 is 14.6 Å². The van der Waals surface area contributed by atoms with E-state index in [0.717, 1.165) is 68.9 Å². The van der Waals surface area contributed by atoms with Gasteiger partial charge in [-0.1, -0.05) is 141 Å². The zero-order valence-corrected chi connectivity index (χ0v) is 31.9. The molecule has 0 saturated carbocycles. The van der Waals surface area contributed by atoms with Crippen LogP contribution in [0.5, 0.6) is 0 Å². The van der Waals surface area contributed by atoms with E-state index >= 15 is 0 Å². The summed E-state index contributed by atoms with van der Waals surface area (Å²) in [5, 5.41) is 9.13. The molecule has 0 radical (unpaired) electrons. The molecule has 3 aromatic carbocycles. The summed E-state index contributed by atoms with van der Waals surface area (Å²) in [4.78, 5) is 37.8. The Morgan fingerprint density at radius 1 is 0.537 bits per heavy atom. The van der Waals surface area contributed by atoms with Crippen LogP contribution in [0.25, 0.3) is 0 Å². The van der Waals surface area contributed by atoms with Crippen LogP contribution in [-0.2, 0) is 36.7 Å². The molecular weight excluding hydrogens is 673 g/mol. The molecule has 4 atom stereocenters. The van der Waals surface area contributed by atoms with Crippen molar-refractivity contribution in [3.05, 3.63) is 144 Å². The fourth-order valence-electron chi connectivity index (χ4n) is 6.78. The van der Waals surface area contributed by atoms with Crippen molar-refractivity contribution in [1.82, 2.24) is 0 Å². The molecule has 0 aromatic heterocycles. The van der Waals surface area contributed by atoms with E-state index in [0.29, 0.717) is 12.0 Å². The van der Waals surface area contributed by atoms with Crippen LogP contribution in [0.4, 0.5) is 0 Å². The van der Waals surface area contributed by atoms with Crippen molar-refractivity contribution < 1.29 is 29.0 Å². The molecule has 0 fully saturated rings. The normalized spacial score (nSPS) is 22.4. The van der Waals surface area contributed by atoms with E-state index in [-0.39, 0.29) is 36.5 Å². The van der Waals surface area contributed by atoms with E-state index in [1.54, 1.807) is 0 Å². The van der Waals surface area contributed by atoms with Gasteiger partial charge in [0.25, 0.3) is 0 Å². The zero-order valence-electron chi connectivity index (χ0n) is 31.9. The van der Waals surface area contributed by atoms with Gasteiger partial charge in [-0.05, 0) is 99.5 Å². The summed E-state index contributed by atoms with van der Waals surface area (Å²) in [6.45, 7) is 0. The predicted octanol–water partition coefficient (Wildman–Crippen LogP) is 10.5. The standard InChI is InChI=1S/C24H26O3.C16H20O2.C8H14O/c25-22(18-19-12-6-4-7-13-19)23(20-14-8-5-9-15-20)24(26)27-21-16-10-2-1-3-11-17-21;17-16(13-14-9-5-4-6-10-14)18-15-11-7-2-1-3-8-12-15;9-8-6-4-2-1-3-5-7-8/h4-10,12-16,21,23H,1-3,11,17-18H2;4-7,9-11,15H,1-3,8,12-13H2;4,6,8-9H,1-3,5,7H2/b16-10+;11-7+;6-4+. The van der Waals surface area contributed by atoms with Crippen LogP contribution in [0, 0.1) is 0 Å². The van der Waals surface area contributed by atoms with Gasteiger partial charge in [0.05, 0.1) is 12.5 Å². The zero-order chi connectivity index (χ0) is 38.1. The smallest absolute Gasteiger partial charge is 0.321 e. The second-order valence-electron chi connectivity index (χ2n) is 14.4. The van der Waals surface area contributed by atoms with Gasteiger partial charge >= 0.3 is 11.9 Å². The molecule has 0 amide bonds. The molecule has 0 bridgehead atoms. The first-order valence-corrected chi connectivity index (χ1v) is 20.2. The van der Waals surface area contributed by atoms with Crippen LogP contribution in [0.1, 0.15) is 119 Å². The SMILES string of the molecule is O=C(Cc1ccccc1)C(C(=O)OC1/C=C/CCCCC1)c1ccccc1.O=C(Cc1ccccc1)OC1/C=C/CCCCC1.OC1/C=C/CCCCC1. The lowest BCUT2D eigenvalue weighted by Gasteiger charge is -2.21. The second-order valence-corrected chi connectivity index (χ2v) is 14.4. The monoisotopic (exact) mass is 732 g/mol. The Balaban J connectivity index is 0.000000205. The fraction of sp³-hybridized carbons (Fsp3) is 0.438. The third kappa shape index (κ3) is 17.1. The van der Waals surface area contributed by atoms with E-state index in [2.05, 4.69) is 18.2 Å². The summed E-state index contributed by atoms with van der Waals surface area (Å²) in [5.74, 6) is -1.59. The number of benzene rings is 3. The van der Waals surface area contributed by atoms with Gasteiger partial charge in [-0.25, -0.2) is 0 Å².